The Morgan fingerprint density at radius 2 is 2.06 bits per heavy atom. The lowest BCUT2D eigenvalue weighted by molar-refractivity contribution is 0.291. The summed E-state index contributed by atoms with van der Waals surface area (Å²) < 4.78 is 5.40. The minimum absolute atomic E-state index is 0.195. The summed E-state index contributed by atoms with van der Waals surface area (Å²) in [5, 5.41) is 0.195. The molecule has 94 valence electrons. The van der Waals surface area contributed by atoms with Crippen molar-refractivity contribution < 1.29 is 4.74 Å². The molecule has 0 saturated heterocycles. The fourth-order valence-corrected chi connectivity index (χ4v) is 1.81. The minimum Gasteiger partial charge on any atom is -0.463 e. The average molecular weight is 257 g/mol. The number of anilines is 1. The highest BCUT2D eigenvalue weighted by molar-refractivity contribution is 6.28. The second-order valence-corrected chi connectivity index (χ2v) is 4.39. The minimum atomic E-state index is 0.195. The summed E-state index contributed by atoms with van der Waals surface area (Å²) in [6, 6.07) is 0.874. The Morgan fingerprint density at radius 1 is 1.29 bits per heavy atom. The molecule has 1 heterocycles. The van der Waals surface area contributed by atoms with Crippen LogP contribution in [0.1, 0.15) is 33.1 Å². The molecule has 1 saturated carbocycles. The van der Waals surface area contributed by atoms with Gasteiger partial charge in [-0.3, -0.25) is 0 Å². The molecule has 1 aromatic rings. The largest absolute Gasteiger partial charge is 0.463 e. The Labute approximate surface area is 106 Å². The van der Waals surface area contributed by atoms with Crippen LogP contribution in [0.25, 0.3) is 0 Å². The van der Waals surface area contributed by atoms with E-state index < -0.39 is 0 Å². The van der Waals surface area contributed by atoms with Gasteiger partial charge in [0.25, 0.3) is 0 Å². The molecule has 0 aliphatic heterocycles. The van der Waals surface area contributed by atoms with Crippen molar-refractivity contribution in [3.05, 3.63) is 5.28 Å². The highest BCUT2D eigenvalue weighted by atomic mass is 35.5. The zero-order valence-electron chi connectivity index (χ0n) is 10.2. The second kappa shape index (κ2) is 5.49. The molecule has 0 unspecified atom stereocenters. The maximum absolute atomic E-state index is 5.89. The van der Waals surface area contributed by atoms with Gasteiger partial charge in [0.2, 0.25) is 11.2 Å². The van der Waals surface area contributed by atoms with Crippen LogP contribution in [0.3, 0.4) is 0 Å². The number of rotatable bonds is 6. The molecule has 5 nitrogen and oxygen atoms in total. The topological polar surface area (TPSA) is 51.1 Å². The Morgan fingerprint density at radius 3 is 2.65 bits per heavy atom. The third-order valence-electron chi connectivity index (χ3n) is 2.60. The first-order valence-electron chi connectivity index (χ1n) is 6.05. The molecule has 0 spiro atoms. The summed E-state index contributed by atoms with van der Waals surface area (Å²) in [6.07, 6.45) is 3.31. The summed E-state index contributed by atoms with van der Waals surface area (Å²) in [7, 11) is 0. The first kappa shape index (κ1) is 12.4. The van der Waals surface area contributed by atoms with Crippen LogP contribution in [0.15, 0.2) is 0 Å². The molecule has 1 aliphatic rings. The fourth-order valence-electron chi connectivity index (χ4n) is 1.66. The lowest BCUT2D eigenvalue weighted by Crippen LogP contribution is -2.27. The van der Waals surface area contributed by atoms with Gasteiger partial charge in [-0.15, -0.1) is 0 Å². The molecule has 1 aromatic heterocycles. The third kappa shape index (κ3) is 3.19. The Balaban J connectivity index is 2.17. The average Bonchev–Trinajstić information content (AvgIpc) is 3.11. The van der Waals surface area contributed by atoms with Crippen LogP contribution in [-0.2, 0) is 0 Å². The van der Waals surface area contributed by atoms with Crippen molar-refractivity contribution in [2.45, 2.75) is 39.2 Å². The first-order chi connectivity index (χ1) is 8.24. The molecular weight excluding hydrogens is 240 g/mol. The number of ether oxygens (including phenoxy) is 1. The molecule has 0 N–H and O–H groups in total. The number of nitrogens with zero attached hydrogens (tertiary/aromatic N) is 4. The van der Waals surface area contributed by atoms with E-state index in [2.05, 4.69) is 26.8 Å². The zero-order valence-corrected chi connectivity index (χ0v) is 10.9. The van der Waals surface area contributed by atoms with E-state index in [4.69, 9.17) is 16.3 Å². The molecule has 6 heteroatoms. The molecule has 1 fully saturated rings. The Hall–Kier alpha value is -1.10. The maximum atomic E-state index is 5.89. The van der Waals surface area contributed by atoms with Crippen molar-refractivity contribution >= 4 is 17.5 Å². The molecule has 0 atom stereocenters. The van der Waals surface area contributed by atoms with Gasteiger partial charge in [0.15, 0.2) is 0 Å². The molecular formula is C11H17ClN4O. The zero-order chi connectivity index (χ0) is 12.3. The van der Waals surface area contributed by atoms with Crippen molar-refractivity contribution in [2.24, 2.45) is 0 Å². The van der Waals surface area contributed by atoms with Gasteiger partial charge in [0.05, 0.1) is 6.61 Å². The van der Waals surface area contributed by atoms with Gasteiger partial charge in [0.1, 0.15) is 0 Å². The molecule has 0 radical (unpaired) electrons. The Kier molecular flexibility index (Phi) is 3.99. The van der Waals surface area contributed by atoms with Crippen LogP contribution < -0.4 is 9.64 Å². The van der Waals surface area contributed by atoms with Gasteiger partial charge >= 0.3 is 6.01 Å². The van der Waals surface area contributed by atoms with Crippen LogP contribution in [0.2, 0.25) is 5.28 Å². The number of aromatic nitrogens is 3. The molecule has 2 rings (SSSR count). The van der Waals surface area contributed by atoms with Crippen LogP contribution in [-0.4, -0.2) is 34.1 Å². The van der Waals surface area contributed by atoms with E-state index in [0.717, 1.165) is 13.0 Å². The van der Waals surface area contributed by atoms with Crippen molar-refractivity contribution in [3.63, 3.8) is 0 Å². The van der Waals surface area contributed by atoms with Gasteiger partial charge < -0.3 is 9.64 Å². The Bertz CT molecular complexity index is 384. The SMILES string of the molecule is CCCOc1nc(Cl)nc(N(CC)C2CC2)n1. The molecule has 17 heavy (non-hydrogen) atoms. The first-order valence-corrected chi connectivity index (χ1v) is 6.43. The maximum Gasteiger partial charge on any atom is 0.322 e. The molecule has 1 aliphatic carbocycles. The summed E-state index contributed by atoms with van der Waals surface area (Å²) >= 11 is 5.89. The number of hydrogen-bond donors (Lipinski definition) is 0. The fraction of sp³-hybridized carbons (Fsp3) is 0.727. The van der Waals surface area contributed by atoms with Gasteiger partial charge in [-0.2, -0.15) is 15.0 Å². The third-order valence-corrected chi connectivity index (χ3v) is 2.77. The number of hydrogen-bond acceptors (Lipinski definition) is 5. The lowest BCUT2D eigenvalue weighted by Gasteiger charge is -2.20. The van der Waals surface area contributed by atoms with Crippen LogP contribution in [0, 0.1) is 0 Å². The van der Waals surface area contributed by atoms with Crippen LogP contribution in [0.4, 0.5) is 5.95 Å². The van der Waals surface area contributed by atoms with Crippen molar-refractivity contribution in [1.82, 2.24) is 15.0 Å². The predicted molar refractivity (Wildman–Crippen MR) is 66.7 cm³/mol. The smallest absolute Gasteiger partial charge is 0.322 e. The van der Waals surface area contributed by atoms with Crippen molar-refractivity contribution in [3.8, 4) is 6.01 Å². The van der Waals surface area contributed by atoms with Crippen LogP contribution >= 0.6 is 11.6 Å². The van der Waals surface area contributed by atoms with Gasteiger partial charge in [-0.1, -0.05) is 6.92 Å². The highest BCUT2D eigenvalue weighted by Crippen LogP contribution is 2.30. The summed E-state index contributed by atoms with van der Waals surface area (Å²) in [5.74, 6) is 0.626. The normalized spacial score (nSPS) is 14.8. The monoisotopic (exact) mass is 256 g/mol. The molecule has 0 amide bonds. The summed E-state index contributed by atoms with van der Waals surface area (Å²) in [4.78, 5) is 14.6. The summed E-state index contributed by atoms with van der Waals surface area (Å²) in [6.45, 7) is 5.59. The van der Waals surface area contributed by atoms with E-state index in [1.807, 2.05) is 6.92 Å². The molecule has 0 bridgehead atoms. The lowest BCUT2D eigenvalue weighted by atomic mass is 10.5. The molecule has 0 aromatic carbocycles. The van der Waals surface area contributed by atoms with Gasteiger partial charge in [0, 0.05) is 12.6 Å². The van der Waals surface area contributed by atoms with E-state index in [1.54, 1.807) is 0 Å². The highest BCUT2D eigenvalue weighted by Gasteiger charge is 2.30. The van der Waals surface area contributed by atoms with E-state index in [-0.39, 0.29) is 5.28 Å². The van der Waals surface area contributed by atoms with E-state index in [0.29, 0.717) is 24.6 Å². The van der Waals surface area contributed by atoms with Crippen molar-refractivity contribution in [2.75, 3.05) is 18.1 Å². The standard InChI is InChI=1S/C11H17ClN4O/c1-3-7-17-11-14-9(12)13-10(15-11)16(4-2)8-5-6-8/h8H,3-7H2,1-2H3. The number of halogens is 1. The van der Waals surface area contributed by atoms with Crippen molar-refractivity contribution in [1.29, 1.82) is 0 Å². The predicted octanol–water partition coefficient (Wildman–Crippen LogP) is 2.30. The van der Waals surface area contributed by atoms with Crippen LogP contribution in [0.5, 0.6) is 6.01 Å². The summed E-state index contributed by atoms with van der Waals surface area (Å²) in [5.41, 5.74) is 0. The second-order valence-electron chi connectivity index (χ2n) is 4.05. The van der Waals surface area contributed by atoms with Gasteiger partial charge in [-0.25, -0.2) is 0 Å². The van der Waals surface area contributed by atoms with E-state index in [9.17, 15) is 0 Å². The van der Waals surface area contributed by atoms with Gasteiger partial charge in [-0.05, 0) is 37.8 Å². The quantitative estimate of drug-likeness (QED) is 0.782. The van der Waals surface area contributed by atoms with E-state index >= 15 is 0 Å². The van der Waals surface area contributed by atoms with E-state index in [1.165, 1.54) is 12.8 Å².